The van der Waals surface area contributed by atoms with E-state index in [-0.39, 0.29) is 18.4 Å². The van der Waals surface area contributed by atoms with Gasteiger partial charge in [-0.25, -0.2) is 4.98 Å². The summed E-state index contributed by atoms with van der Waals surface area (Å²) in [6.07, 6.45) is 0. The molecule has 1 aromatic carbocycles. The van der Waals surface area contributed by atoms with Crippen molar-refractivity contribution in [3.05, 3.63) is 23.6 Å². The SMILES string of the molecule is COc1ccc(-c2csc(NC(=O)CN3CCN(C(C)=O)CC3)n2)cc1OC. The first kappa shape index (κ1) is 20.1. The fourth-order valence-electron chi connectivity index (χ4n) is 3.04. The highest BCUT2D eigenvalue weighted by Crippen LogP contribution is 2.33. The van der Waals surface area contributed by atoms with Gasteiger partial charge in [-0.05, 0) is 18.2 Å². The maximum atomic E-state index is 12.3. The van der Waals surface area contributed by atoms with Crippen molar-refractivity contribution in [3.63, 3.8) is 0 Å². The number of aromatic nitrogens is 1. The quantitative estimate of drug-likeness (QED) is 0.792. The number of methoxy groups -OCH3 is 2. The van der Waals surface area contributed by atoms with Crippen molar-refractivity contribution >= 4 is 28.3 Å². The Balaban J connectivity index is 1.57. The predicted octanol–water partition coefficient (Wildman–Crippen LogP) is 1.93. The standard InChI is InChI=1S/C19H24N4O4S/c1-13(24)23-8-6-22(7-9-23)11-18(25)21-19-20-15(12-28-19)14-4-5-16(26-2)17(10-14)27-3/h4-5,10,12H,6-9,11H2,1-3H3,(H,20,21,25). The summed E-state index contributed by atoms with van der Waals surface area (Å²) >= 11 is 1.38. The molecule has 9 heteroatoms. The third-order valence-electron chi connectivity index (χ3n) is 4.61. The van der Waals surface area contributed by atoms with Crippen molar-refractivity contribution < 1.29 is 19.1 Å². The number of thiazole rings is 1. The zero-order chi connectivity index (χ0) is 20.1. The van der Waals surface area contributed by atoms with Gasteiger partial charge >= 0.3 is 0 Å². The van der Waals surface area contributed by atoms with Gasteiger partial charge in [0.2, 0.25) is 11.8 Å². The number of hydrogen-bond donors (Lipinski definition) is 1. The lowest BCUT2D eigenvalue weighted by molar-refractivity contribution is -0.130. The van der Waals surface area contributed by atoms with Crippen molar-refractivity contribution in [1.82, 2.24) is 14.8 Å². The molecule has 28 heavy (non-hydrogen) atoms. The van der Waals surface area contributed by atoms with Gasteiger partial charge < -0.3 is 19.7 Å². The van der Waals surface area contributed by atoms with Crippen LogP contribution in [0.25, 0.3) is 11.3 Å². The van der Waals surface area contributed by atoms with Gasteiger partial charge in [0.25, 0.3) is 0 Å². The van der Waals surface area contributed by atoms with Gasteiger partial charge in [0.1, 0.15) is 0 Å². The Kier molecular flexibility index (Phi) is 6.48. The molecule has 0 atom stereocenters. The van der Waals surface area contributed by atoms with Gasteiger partial charge in [-0.15, -0.1) is 11.3 Å². The number of benzene rings is 1. The second-order valence-corrected chi connectivity index (χ2v) is 7.30. The van der Waals surface area contributed by atoms with Crippen molar-refractivity contribution in [2.45, 2.75) is 6.92 Å². The van der Waals surface area contributed by atoms with Crippen LogP contribution in [0.15, 0.2) is 23.6 Å². The first-order valence-corrected chi connectivity index (χ1v) is 9.83. The third kappa shape index (κ3) is 4.79. The maximum Gasteiger partial charge on any atom is 0.240 e. The first-order valence-electron chi connectivity index (χ1n) is 8.96. The number of piperazine rings is 1. The molecule has 1 aliphatic heterocycles. The van der Waals surface area contributed by atoms with Crippen LogP contribution in [0.4, 0.5) is 5.13 Å². The number of carbonyl (C=O) groups excluding carboxylic acids is 2. The van der Waals surface area contributed by atoms with Crippen molar-refractivity contribution in [2.24, 2.45) is 0 Å². The van der Waals surface area contributed by atoms with E-state index in [2.05, 4.69) is 10.3 Å². The Morgan fingerprint density at radius 1 is 1.14 bits per heavy atom. The molecule has 0 aliphatic carbocycles. The predicted molar refractivity (Wildman–Crippen MR) is 108 cm³/mol. The maximum absolute atomic E-state index is 12.3. The van der Waals surface area contributed by atoms with Crippen LogP contribution < -0.4 is 14.8 Å². The highest BCUT2D eigenvalue weighted by molar-refractivity contribution is 7.14. The Hall–Kier alpha value is -2.65. The summed E-state index contributed by atoms with van der Waals surface area (Å²) in [7, 11) is 3.18. The largest absolute Gasteiger partial charge is 0.493 e. The molecule has 0 radical (unpaired) electrons. The van der Waals surface area contributed by atoms with Crippen LogP contribution in [0.1, 0.15) is 6.92 Å². The molecule has 1 fully saturated rings. The lowest BCUT2D eigenvalue weighted by Crippen LogP contribution is -2.49. The molecule has 1 N–H and O–H groups in total. The van der Waals surface area contributed by atoms with Crippen molar-refractivity contribution in [2.75, 3.05) is 52.3 Å². The summed E-state index contributed by atoms with van der Waals surface area (Å²) in [6.45, 7) is 4.56. The Bertz CT molecular complexity index is 846. The topological polar surface area (TPSA) is 84.0 Å². The van der Waals surface area contributed by atoms with E-state index in [1.165, 1.54) is 11.3 Å². The Morgan fingerprint density at radius 2 is 1.86 bits per heavy atom. The van der Waals surface area contributed by atoms with Crippen molar-refractivity contribution in [1.29, 1.82) is 0 Å². The van der Waals surface area contributed by atoms with E-state index in [1.807, 2.05) is 28.5 Å². The Morgan fingerprint density at radius 3 is 2.50 bits per heavy atom. The summed E-state index contributed by atoms with van der Waals surface area (Å²) in [5.74, 6) is 1.25. The molecule has 0 bridgehead atoms. The smallest absolute Gasteiger partial charge is 0.240 e. The van der Waals surface area contributed by atoms with E-state index < -0.39 is 0 Å². The highest BCUT2D eigenvalue weighted by Gasteiger charge is 2.20. The summed E-state index contributed by atoms with van der Waals surface area (Å²) in [5.41, 5.74) is 1.64. The number of ether oxygens (including phenoxy) is 2. The van der Waals surface area contributed by atoms with E-state index in [9.17, 15) is 9.59 Å². The highest BCUT2D eigenvalue weighted by atomic mass is 32.1. The van der Waals surface area contributed by atoms with E-state index >= 15 is 0 Å². The van der Waals surface area contributed by atoms with Gasteiger partial charge in [0.15, 0.2) is 16.6 Å². The zero-order valence-corrected chi connectivity index (χ0v) is 17.0. The minimum Gasteiger partial charge on any atom is -0.493 e. The normalized spacial score (nSPS) is 14.6. The minimum atomic E-state index is -0.107. The monoisotopic (exact) mass is 404 g/mol. The summed E-state index contributed by atoms with van der Waals surface area (Å²) in [4.78, 5) is 32.0. The molecule has 1 saturated heterocycles. The zero-order valence-electron chi connectivity index (χ0n) is 16.2. The van der Waals surface area contributed by atoms with Crippen LogP contribution in [0, 0.1) is 0 Å². The van der Waals surface area contributed by atoms with Crippen LogP contribution in [0.2, 0.25) is 0 Å². The second kappa shape index (κ2) is 9.03. The van der Waals surface area contributed by atoms with E-state index in [4.69, 9.17) is 9.47 Å². The molecular weight excluding hydrogens is 380 g/mol. The van der Waals surface area contributed by atoms with Crippen LogP contribution in [-0.4, -0.2) is 73.5 Å². The molecule has 2 heterocycles. The summed E-state index contributed by atoms with van der Waals surface area (Å²) in [5, 5.41) is 5.30. The third-order valence-corrected chi connectivity index (χ3v) is 5.37. The molecule has 2 aromatic rings. The Labute approximate surface area is 168 Å². The molecule has 0 spiro atoms. The number of carbonyl (C=O) groups is 2. The molecule has 1 aromatic heterocycles. The molecule has 0 unspecified atom stereocenters. The minimum absolute atomic E-state index is 0.0783. The van der Waals surface area contributed by atoms with Crippen LogP contribution in [0.5, 0.6) is 11.5 Å². The van der Waals surface area contributed by atoms with Crippen LogP contribution in [0.3, 0.4) is 0 Å². The fraction of sp³-hybridized carbons (Fsp3) is 0.421. The van der Waals surface area contributed by atoms with Gasteiger partial charge in [-0.1, -0.05) is 0 Å². The van der Waals surface area contributed by atoms with Gasteiger partial charge in [0.05, 0.1) is 26.5 Å². The lowest BCUT2D eigenvalue weighted by Gasteiger charge is -2.33. The molecule has 0 saturated carbocycles. The van der Waals surface area contributed by atoms with E-state index in [0.717, 1.165) is 11.3 Å². The average molecular weight is 404 g/mol. The number of amides is 2. The average Bonchev–Trinajstić information content (AvgIpc) is 3.16. The fourth-order valence-corrected chi connectivity index (χ4v) is 3.78. The van der Waals surface area contributed by atoms with Gasteiger partial charge in [-0.2, -0.15) is 0 Å². The number of nitrogens with one attached hydrogen (secondary N) is 1. The van der Waals surface area contributed by atoms with Crippen LogP contribution >= 0.6 is 11.3 Å². The lowest BCUT2D eigenvalue weighted by atomic mass is 10.1. The summed E-state index contributed by atoms with van der Waals surface area (Å²) < 4.78 is 10.6. The molecule has 8 nitrogen and oxygen atoms in total. The molecule has 3 rings (SSSR count). The molecular formula is C19H24N4O4S. The first-order chi connectivity index (χ1) is 13.5. The van der Waals surface area contributed by atoms with E-state index in [0.29, 0.717) is 42.8 Å². The summed E-state index contributed by atoms with van der Waals surface area (Å²) in [6, 6.07) is 5.58. The number of hydrogen-bond acceptors (Lipinski definition) is 7. The number of rotatable bonds is 6. The number of nitrogens with zero attached hydrogens (tertiary/aromatic N) is 3. The van der Waals surface area contributed by atoms with Gasteiger partial charge in [-0.3, -0.25) is 14.5 Å². The second-order valence-electron chi connectivity index (χ2n) is 6.44. The number of anilines is 1. The molecule has 1 aliphatic rings. The van der Waals surface area contributed by atoms with Gasteiger partial charge in [0, 0.05) is 44.0 Å². The molecule has 150 valence electrons. The van der Waals surface area contributed by atoms with Crippen molar-refractivity contribution in [3.8, 4) is 22.8 Å². The van der Waals surface area contributed by atoms with E-state index in [1.54, 1.807) is 26.0 Å². The molecule has 2 amide bonds. The van der Waals surface area contributed by atoms with Crippen LogP contribution in [-0.2, 0) is 9.59 Å².